The van der Waals surface area contributed by atoms with Crippen LogP contribution in [0, 0.1) is 16.0 Å². The molecule has 0 atom stereocenters. The van der Waals surface area contributed by atoms with E-state index in [0.29, 0.717) is 24.8 Å². The molecule has 8 nitrogen and oxygen atoms in total. The van der Waals surface area contributed by atoms with Crippen molar-refractivity contribution in [1.29, 1.82) is 0 Å². The molecule has 1 amide bonds. The highest BCUT2D eigenvalue weighted by Crippen LogP contribution is 2.22. The molecular formula is C13H20N4O4. The Morgan fingerprint density at radius 3 is 2.76 bits per heavy atom. The number of anilines is 1. The average Bonchev–Trinajstić information content (AvgIpc) is 2.45. The number of nitrogens with zero attached hydrogens (tertiary/aromatic N) is 1. The molecule has 1 aromatic rings. The molecule has 0 aromatic heterocycles. The van der Waals surface area contributed by atoms with Gasteiger partial charge in [-0.3, -0.25) is 20.8 Å². The molecule has 21 heavy (non-hydrogen) atoms. The summed E-state index contributed by atoms with van der Waals surface area (Å²) in [4.78, 5) is 22.3. The lowest BCUT2D eigenvalue weighted by Crippen LogP contribution is -2.28. The number of hydrazine groups is 1. The Bertz CT molecular complexity index is 505. The van der Waals surface area contributed by atoms with Crippen LogP contribution in [-0.4, -0.2) is 30.6 Å². The van der Waals surface area contributed by atoms with Gasteiger partial charge in [0.05, 0.1) is 11.5 Å². The Labute approximate surface area is 122 Å². The van der Waals surface area contributed by atoms with Crippen molar-refractivity contribution in [2.45, 2.75) is 13.8 Å². The first-order valence-corrected chi connectivity index (χ1v) is 6.56. The van der Waals surface area contributed by atoms with E-state index in [1.165, 1.54) is 18.2 Å². The summed E-state index contributed by atoms with van der Waals surface area (Å²) in [6.45, 7) is 5.28. The lowest BCUT2D eigenvalue weighted by molar-refractivity contribution is -0.385. The summed E-state index contributed by atoms with van der Waals surface area (Å²) in [6, 6.07) is 4.00. The molecule has 0 unspecified atom stereocenters. The second-order valence-electron chi connectivity index (χ2n) is 4.86. The summed E-state index contributed by atoms with van der Waals surface area (Å²) in [5.74, 6) is 5.12. The van der Waals surface area contributed by atoms with Gasteiger partial charge in [-0.2, -0.15) is 0 Å². The second-order valence-corrected chi connectivity index (χ2v) is 4.86. The number of ether oxygens (including phenoxy) is 1. The van der Waals surface area contributed by atoms with E-state index in [-0.39, 0.29) is 17.8 Å². The quantitative estimate of drug-likeness (QED) is 0.288. The third kappa shape index (κ3) is 5.36. The molecule has 8 heteroatoms. The molecule has 0 spiro atoms. The number of nitrogens with two attached hydrogens (primary N) is 1. The zero-order chi connectivity index (χ0) is 15.8. The molecule has 4 N–H and O–H groups in total. The fourth-order valence-corrected chi connectivity index (χ4v) is 1.62. The third-order valence-electron chi connectivity index (χ3n) is 2.59. The van der Waals surface area contributed by atoms with Crippen molar-refractivity contribution >= 4 is 17.3 Å². The van der Waals surface area contributed by atoms with Gasteiger partial charge in [0.1, 0.15) is 5.56 Å². The fourth-order valence-electron chi connectivity index (χ4n) is 1.62. The molecule has 0 radical (unpaired) electrons. The maximum atomic E-state index is 12.0. The van der Waals surface area contributed by atoms with E-state index in [1.807, 2.05) is 13.8 Å². The standard InChI is InChI=1S/C13H20N4O4/c1-9(2)8-21-6-5-15-13(18)11-7-10(16-14)3-4-12(11)17(19)20/h3-4,7,9,16H,5-6,8,14H2,1-2H3,(H,15,18). The van der Waals surface area contributed by atoms with Crippen molar-refractivity contribution in [2.24, 2.45) is 11.8 Å². The van der Waals surface area contributed by atoms with Gasteiger partial charge in [-0.25, -0.2) is 0 Å². The molecule has 0 heterocycles. The Morgan fingerprint density at radius 1 is 1.48 bits per heavy atom. The number of amides is 1. The van der Waals surface area contributed by atoms with Crippen LogP contribution < -0.4 is 16.6 Å². The van der Waals surface area contributed by atoms with Gasteiger partial charge in [0, 0.05) is 24.9 Å². The van der Waals surface area contributed by atoms with Crippen LogP contribution in [0.4, 0.5) is 11.4 Å². The van der Waals surface area contributed by atoms with Crippen molar-refractivity contribution < 1.29 is 14.5 Å². The highest BCUT2D eigenvalue weighted by atomic mass is 16.6. The number of nitrogen functional groups attached to an aromatic ring is 1. The maximum absolute atomic E-state index is 12.0. The highest BCUT2D eigenvalue weighted by Gasteiger charge is 2.20. The molecular weight excluding hydrogens is 276 g/mol. The molecule has 0 aliphatic rings. The lowest BCUT2D eigenvalue weighted by atomic mass is 10.1. The van der Waals surface area contributed by atoms with Gasteiger partial charge in [0.15, 0.2) is 0 Å². The normalized spacial score (nSPS) is 10.5. The van der Waals surface area contributed by atoms with Gasteiger partial charge in [0.25, 0.3) is 11.6 Å². The van der Waals surface area contributed by atoms with Gasteiger partial charge >= 0.3 is 0 Å². The van der Waals surface area contributed by atoms with Gasteiger partial charge in [0.2, 0.25) is 0 Å². The largest absolute Gasteiger partial charge is 0.379 e. The summed E-state index contributed by atoms with van der Waals surface area (Å²) in [6.07, 6.45) is 0. The highest BCUT2D eigenvalue weighted by molar-refractivity contribution is 5.99. The summed E-state index contributed by atoms with van der Waals surface area (Å²) >= 11 is 0. The lowest BCUT2D eigenvalue weighted by Gasteiger charge is -2.09. The van der Waals surface area contributed by atoms with E-state index in [9.17, 15) is 14.9 Å². The van der Waals surface area contributed by atoms with Crippen LogP contribution in [0.1, 0.15) is 24.2 Å². The molecule has 0 bridgehead atoms. The van der Waals surface area contributed by atoms with Crippen LogP contribution in [0.25, 0.3) is 0 Å². The fraction of sp³-hybridized carbons (Fsp3) is 0.462. The first kappa shape index (κ1) is 16.9. The molecule has 0 fully saturated rings. The molecule has 0 aliphatic carbocycles. The van der Waals surface area contributed by atoms with E-state index in [2.05, 4.69) is 10.7 Å². The summed E-state index contributed by atoms with van der Waals surface area (Å²) in [5.41, 5.74) is 2.46. The van der Waals surface area contributed by atoms with Crippen LogP contribution in [0.15, 0.2) is 18.2 Å². The maximum Gasteiger partial charge on any atom is 0.282 e. The van der Waals surface area contributed by atoms with Gasteiger partial charge < -0.3 is 15.5 Å². The molecule has 1 rings (SSSR count). The van der Waals surface area contributed by atoms with Crippen LogP contribution in [0.3, 0.4) is 0 Å². The number of hydrogen-bond donors (Lipinski definition) is 3. The zero-order valence-electron chi connectivity index (χ0n) is 12.1. The van der Waals surface area contributed by atoms with Crippen LogP contribution >= 0.6 is 0 Å². The van der Waals surface area contributed by atoms with Crippen molar-refractivity contribution in [1.82, 2.24) is 5.32 Å². The molecule has 0 aliphatic heterocycles. The topological polar surface area (TPSA) is 120 Å². The van der Waals surface area contributed by atoms with Gasteiger partial charge in [-0.05, 0) is 18.1 Å². The average molecular weight is 296 g/mol. The van der Waals surface area contributed by atoms with Crippen molar-refractivity contribution in [3.8, 4) is 0 Å². The minimum Gasteiger partial charge on any atom is -0.379 e. The SMILES string of the molecule is CC(C)COCCNC(=O)c1cc(NN)ccc1[N+](=O)[O-]. The Morgan fingerprint density at radius 2 is 2.19 bits per heavy atom. The number of carbonyl (C=O) groups excluding carboxylic acids is 1. The van der Waals surface area contributed by atoms with Crippen molar-refractivity contribution in [3.63, 3.8) is 0 Å². The smallest absolute Gasteiger partial charge is 0.282 e. The number of rotatable bonds is 8. The second kappa shape index (κ2) is 8.18. The number of hydrogen-bond acceptors (Lipinski definition) is 6. The number of carbonyl (C=O) groups is 1. The molecule has 1 aromatic carbocycles. The van der Waals surface area contributed by atoms with Crippen molar-refractivity contribution in [3.05, 3.63) is 33.9 Å². The van der Waals surface area contributed by atoms with E-state index in [4.69, 9.17) is 10.6 Å². The molecule has 0 saturated carbocycles. The van der Waals surface area contributed by atoms with E-state index < -0.39 is 10.8 Å². The first-order valence-electron chi connectivity index (χ1n) is 6.56. The van der Waals surface area contributed by atoms with Gasteiger partial charge in [-0.1, -0.05) is 13.8 Å². The Hall–Kier alpha value is -2.19. The predicted octanol–water partition coefficient (Wildman–Crippen LogP) is 1.28. The minimum atomic E-state index is -0.607. The van der Waals surface area contributed by atoms with Crippen LogP contribution in [0.5, 0.6) is 0 Å². The predicted molar refractivity (Wildman–Crippen MR) is 78.9 cm³/mol. The van der Waals surface area contributed by atoms with Crippen molar-refractivity contribution in [2.75, 3.05) is 25.2 Å². The monoisotopic (exact) mass is 296 g/mol. The Kier molecular flexibility index (Phi) is 6.57. The third-order valence-corrected chi connectivity index (χ3v) is 2.59. The Balaban J connectivity index is 2.65. The number of nitro benzene ring substituents is 1. The summed E-state index contributed by atoms with van der Waals surface area (Å²) in [7, 11) is 0. The zero-order valence-corrected chi connectivity index (χ0v) is 12.1. The van der Waals surface area contributed by atoms with E-state index >= 15 is 0 Å². The van der Waals surface area contributed by atoms with Crippen LogP contribution in [-0.2, 0) is 4.74 Å². The number of nitro groups is 1. The summed E-state index contributed by atoms with van der Waals surface area (Å²) in [5, 5.41) is 13.5. The van der Waals surface area contributed by atoms with Gasteiger partial charge in [-0.15, -0.1) is 0 Å². The van der Waals surface area contributed by atoms with E-state index in [1.54, 1.807) is 0 Å². The van der Waals surface area contributed by atoms with E-state index in [0.717, 1.165) is 0 Å². The first-order chi connectivity index (χ1) is 9.95. The summed E-state index contributed by atoms with van der Waals surface area (Å²) < 4.78 is 5.32. The van der Waals surface area contributed by atoms with Crippen LogP contribution in [0.2, 0.25) is 0 Å². The molecule has 0 saturated heterocycles. The number of nitrogens with one attached hydrogen (secondary N) is 2. The number of benzene rings is 1. The molecule has 116 valence electrons. The minimum absolute atomic E-state index is 0.0423.